The van der Waals surface area contributed by atoms with Crippen LogP contribution in [0, 0.1) is 0 Å². The molecular formula is C18H21NO3. The molecular weight excluding hydrogens is 278 g/mol. The predicted octanol–water partition coefficient (Wildman–Crippen LogP) is 3.88. The van der Waals surface area contributed by atoms with E-state index in [-0.39, 0.29) is 12.5 Å². The van der Waals surface area contributed by atoms with Crippen molar-refractivity contribution in [2.24, 2.45) is 0 Å². The zero-order valence-electron chi connectivity index (χ0n) is 12.7. The van der Waals surface area contributed by atoms with E-state index in [9.17, 15) is 4.79 Å². The first-order valence-electron chi connectivity index (χ1n) is 7.49. The number of nitrogens with one attached hydrogen (secondary N) is 1. The Kier molecular flexibility index (Phi) is 6.30. The summed E-state index contributed by atoms with van der Waals surface area (Å²) in [6, 6.07) is 16.7. The summed E-state index contributed by atoms with van der Waals surface area (Å²) in [5.74, 6) is 1.14. The molecule has 0 atom stereocenters. The number of rotatable bonds is 8. The summed E-state index contributed by atoms with van der Waals surface area (Å²) in [5, 5.41) is 2.82. The molecule has 0 aliphatic heterocycles. The lowest BCUT2D eigenvalue weighted by Crippen LogP contribution is -2.20. The molecule has 0 aliphatic carbocycles. The third-order valence-corrected chi connectivity index (χ3v) is 3.03. The lowest BCUT2D eigenvalue weighted by atomic mass is 10.3. The van der Waals surface area contributed by atoms with Crippen molar-refractivity contribution in [3.05, 3.63) is 54.6 Å². The van der Waals surface area contributed by atoms with Gasteiger partial charge in [0.1, 0.15) is 11.5 Å². The van der Waals surface area contributed by atoms with Crippen LogP contribution in [0.15, 0.2) is 54.6 Å². The van der Waals surface area contributed by atoms with Gasteiger partial charge >= 0.3 is 0 Å². The van der Waals surface area contributed by atoms with Crippen molar-refractivity contribution < 1.29 is 14.3 Å². The topological polar surface area (TPSA) is 47.6 Å². The molecule has 4 heteroatoms. The fraction of sp³-hybridized carbons (Fsp3) is 0.278. The van der Waals surface area contributed by atoms with Crippen molar-refractivity contribution in [2.75, 3.05) is 18.5 Å². The third-order valence-electron chi connectivity index (χ3n) is 3.03. The Morgan fingerprint density at radius 2 is 1.73 bits per heavy atom. The molecule has 0 saturated carbocycles. The van der Waals surface area contributed by atoms with Crippen LogP contribution in [0.25, 0.3) is 0 Å². The Labute approximate surface area is 131 Å². The van der Waals surface area contributed by atoms with Gasteiger partial charge < -0.3 is 14.8 Å². The standard InChI is InChI=1S/C18H21NO3/c1-2-3-13-21-17-12-8-7-11-16(17)19-18(20)14-22-15-9-5-4-6-10-15/h4-12H,2-3,13-14H2,1H3,(H,19,20). The molecule has 1 N–H and O–H groups in total. The molecule has 2 rings (SSSR count). The van der Waals surface area contributed by atoms with E-state index in [4.69, 9.17) is 9.47 Å². The summed E-state index contributed by atoms with van der Waals surface area (Å²) in [4.78, 5) is 12.0. The van der Waals surface area contributed by atoms with Gasteiger partial charge in [0, 0.05) is 0 Å². The molecule has 1 amide bonds. The van der Waals surface area contributed by atoms with Gasteiger partial charge in [-0.25, -0.2) is 0 Å². The molecule has 4 nitrogen and oxygen atoms in total. The summed E-state index contributed by atoms with van der Waals surface area (Å²) < 4.78 is 11.1. The van der Waals surface area contributed by atoms with Crippen LogP contribution in [0.5, 0.6) is 11.5 Å². The van der Waals surface area contributed by atoms with Gasteiger partial charge in [0.05, 0.1) is 12.3 Å². The van der Waals surface area contributed by atoms with E-state index < -0.39 is 0 Å². The van der Waals surface area contributed by atoms with E-state index in [1.807, 2.05) is 54.6 Å². The van der Waals surface area contributed by atoms with Crippen LogP contribution in [0.3, 0.4) is 0 Å². The fourth-order valence-electron chi connectivity index (χ4n) is 1.87. The molecule has 116 valence electrons. The quantitative estimate of drug-likeness (QED) is 0.752. The summed E-state index contributed by atoms with van der Waals surface area (Å²) in [7, 11) is 0. The van der Waals surface area contributed by atoms with Crippen LogP contribution in [0.2, 0.25) is 0 Å². The molecule has 0 bridgehead atoms. The molecule has 22 heavy (non-hydrogen) atoms. The predicted molar refractivity (Wildman–Crippen MR) is 87.4 cm³/mol. The Balaban J connectivity index is 1.88. The normalized spacial score (nSPS) is 10.0. The Morgan fingerprint density at radius 1 is 1.00 bits per heavy atom. The van der Waals surface area contributed by atoms with E-state index in [1.165, 1.54) is 0 Å². The van der Waals surface area contributed by atoms with Gasteiger partial charge in [0.25, 0.3) is 5.91 Å². The number of hydrogen-bond acceptors (Lipinski definition) is 3. The summed E-state index contributed by atoms with van der Waals surface area (Å²) in [6.07, 6.45) is 2.05. The van der Waals surface area contributed by atoms with Crippen molar-refractivity contribution in [1.82, 2.24) is 0 Å². The number of hydrogen-bond donors (Lipinski definition) is 1. The molecule has 0 radical (unpaired) electrons. The minimum Gasteiger partial charge on any atom is -0.491 e. The van der Waals surface area contributed by atoms with Crippen LogP contribution in [0.4, 0.5) is 5.69 Å². The highest BCUT2D eigenvalue weighted by molar-refractivity contribution is 5.93. The highest BCUT2D eigenvalue weighted by atomic mass is 16.5. The summed E-state index contributed by atoms with van der Waals surface area (Å²) >= 11 is 0. The van der Waals surface area contributed by atoms with Crippen LogP contribution in [-0.4, -0.2) is 19.1 Å². The van der Waals surface area contributed by atoms with Gasteiger partial charge in [-0.2, -0.15) is 0 Å². The third kappa shape index (κ3) is 5.13. The highest BCUT2D eigenvalue weighted by Crippen LogP contribution is 2.24. The number of anilines is 1. The molecule has 2 aromatic carbocycles. The maximum absolute atomic E-state index is 12.0. The number of benzene rings is 2. The molecule has 0 aromatic heterocycles. The van der Waals surface area contributed by atoms with Crippen LogP contribution in [0.1, 0.15) is 19.8 Å². The number of para-hydroxylation sites is 3. The Bertz CT molecular complexity index is 584. The monoisotopic (exact) mass is 299 g/mol. The average molecular weight is 299 g/mol. The van der Waals surface area contributed by atoms with Crippen molar-refractivity contribution >= 4 is 11.6 Å². The molecule has 0 fully saturated rings. The van der Waals surface area contributed by atoms with Gasteiger partial charge in [-0.3, -0.25) is 4.79 Å². The second kappa shape index (κ2) is 8.72. The zero-order valence-corrected chi connectivity index (χ0v) is 12.7. The first-order chi connectivity index (χ1) is 10.8. The van der Waals surface area contributed by atoms with Gasteiger partial charge in [-0.1, -0.05) is 43.7 Å². The number of ether oxygens (including phenoxy) is 2. The van der Waals surface area contributed by atoms with Crippen LogP contribution in [-0.2, 0) is 4.79 Å². The average Bonchev–Trinajstić information content (AvgIpc) is 2.56. The van der Waals surface area contributed by atoms with Crippen molar-refractivity contribution in [2.45, 2.75) is 19.8 Å². The minimum absolute atomic E-state index is 0.0344. The highest BCUT2D eigenvalue weighted by Gasteiger charge is 2.08. The second-order valence-corrected chi connectivity index (χ2v) is 4.85. The lowest BCUT2D eigenvalue weighted by Gasteiger charge is -2.12. The van der Waals surface area contributed by atoms with Crippen molar-refractivity contribution in [1.29, 1.82) is 0 Å². The molecule has 0 heterocycles. The minimum atomic E-state index is -0.213. The molecule has 0 unspecified atom stereocenters. The fourth-order valence-corrected chi connectivity index (χ4v) is 1.87. The van der Waals surface area contributed by atoms with E-state index >= 15 is 0 Å². The van der Waals surface area contributed by atoms with E-state index in [1.54, 1.807) is 0 Å². The van der Waals surface area contributed by atoms with Crippen molar-refractivity contribution in [3.63, 3.8) is 0 Å². The van der Waals surface area contributed by atoms with Gasteiger partial charge in [0.15, 0.2) is 6.61 Å². The Hall–Kier alpha value is -2.49. The smallest absolute Gasteiger partial charge is 0.262 e. The van der Waals surface area contributed by atoms with Gasteiger partial charge in [-0.15, -0.1) is 0 Å². The molecule has 2 aromatic rings. The van der Waals surface area contributed by atoms with E-state index in [0.717, 1.165) is 12.8 Å². The molecule has 0 aliphatic rings. The molecule has 0 spiro atoms. The zero-order chi connectivity index (χ0) is 15.6. The lowest BCUT2D eigenvalue weighted by molar-refractivity contribution is -0.118. The van der Waals surface area contributed by atoms with Crippen LogP contribution >= 0.6 is 0 Å². The molecule has 0 saturated heterocycles. The van der Waals surface area contributed by atoms with Gasteiger partial charge in [0.2, 0.25) is 0 Å². The SMILES string of the molecule is CCCCOc1ccccc1NC(=O)COc1ccccc1. The maximum Gasteiger partial charge on any atom is 0.262 e. The first-order valence-corrected chi connectivity index (χ1v) is 7.49. The maximum atomic E-state index is 12.0. The largest absolute Gasteiger partial charge is 0.491 e. The summed E-state index contributed by atoms with van der Waals surface area (Å²) in [5.41, 5.74) is 0.667. The van der Waals surface area contributed by atoms with Gasteiger partial charge in [-0.05, 0) is 30.7 Å². The van der Waals surface area contributed by atoms with Crippen molar-refractivity contribution in [3.8, 4) is 11.5 Å². The number of carbonyl (C=O) groups is 1. The van der Waals surface area contributed by atoms with E-state index in [0.29, 0.717) is 23.8 Å². The number of unbranched alkanes of at least 4 members (excludes halogenated alkanes) is 1. The number of carbonyl (C=O) groups excluding carboxylic acids is 1. The first kappa shape index (κ1) is 15.9. The van der Waals surface area contributed by atoms with E-state index in [2.05, 4.69) is 12.2 Å². The second-order valence-electron chi connectivity index (χ2n) is 4.85. The summed E-state index contributed by atoms with van der Waals surface area (Å²) in [6.45, 7) is 2.72. The Morgan fingerprint density at radius 3 is 2.50 bits per heavy atom. The van der Waals surface area contributed by atoms with Crippen LogP contribution < -0.4 is 14.8 Å². The number of amides is 1.